The molecule has 1 aromatic carbocycles. The Morgan fingerprint density at radius 2 is 2.00 bits per heavy atom. The van der Waals surface area contributed by atoms with Crippen molar-refractivity contribution in [3.05, 3.63) is 35.4 Å². The molecule has 1 aliphatic heterocycles. The van der Waals surface area contributed by atoms with Crippen LogP contribution in [0.25, 0.3) is 0 Å². The van der Waals surface area contributed by atoms with Crippen molar-refractivity contribution in [1.82, 2.24) is 9.80 Å². The van der Waals surface area contributed by atoms with Crippen LogP contribution in [0.4, 0.5) is 0 Å². The highest BCUT2D eigenvalue weighted by Gasteiger charge is 2.24. The summed E-state index contributed by atoms with van der Waals surface area (Å²) in [4.78, 5) is 4.86. The van der Waals surface area contributed by atoms with Crippen LogP contribution >= 0.6 is 0 Å². The van der Waals surface area contributed by atoms with Crippen LogP contribution in [-0.4, -0.2) is 55.6 Å². The molecule has 2 atom stereocenters. The third-order valence-corrected chi connectivity index (χ3v) is 4.30. The number of nitrogens with two attached hydrogens (primary N) is 1. The molecular weight excluding hydrogens is 234 g/mol. The maximum Gasteiger partial charge on any atom is 0.0235 e. The molecule has 0 aliphatic carbocycles. The predicted molar refractivity (Wildman–Crippen MR) is 81.4 cm³/mol. The molecule has 1 heterocycles. The van der Waals surface area contributed by atoms with Crippen molar-refractivity contribution in [1.29, 1.82) is 0 Å². The van der Waals surface area contributed by atoms with Gasteiger partial charge < -0.3 is 15.5 Å². The first-order chi connectivity index (χ1) is 9.06. The molecule has 2 N–H and O–H groups in total. The minimum Gasteiger partial charge on any atom is -0.327 e. The van der Waals surface area contributed by atoms with Gasteiger partial charge in [0.1, 0.15) is 0 Å². The lowest BCUT2D eigenvalue weighted by atomic mass is 9.96. The van der Waals surface area contributed by atoms with Crippen LogP contribution in [0.15, 0.2) is 24.3 Å². The van der Waals surface area contributed by atoms with Crippen LogP contribution in [-0.2, 0) is 6.42 Å². The smallest absolute Gasteiger partial charge is 0.0235 e. The van der Waals surface area contributed by atoms with E-state index in [9.17, 15) is 0 Å². The summed E-state index contributed by atoms with van der Waals surface area (Å²) in [7, 11) is 4.42. The minimum atomic E-state index is 0.250. The van der Waals surface area contributed by atoms with Crippen LogP contribution in [0.3, 0.4) is 0 Å². The maximum atomic E-state index is 6.37. The van der Waals surface area contributed by atoms with E-state index in [1.165, 1.54) is 17.7 Å². The lowest BCUT2D eigenvalue weighted by Gasteiger charge is -2.38. The van der Waals surface area contributed by atoms with E-state index in [0.717, 1.165) is 25.9 Å². The first kappa shape index (κ1) is 14.5. The van der Waals surface area contributed by atoms with Gasteiger partial charge in [-0.15, -0.1) is 0 Å². The second-order valence-corrected chi connectivity index (χ2v) is 6.02. The summed E-state index contributed by atoms with van der Waals surface area (Å²) in [6.45, 7) is 5.62. The van der Waals surface area contributed by atoms with Crippen LogP contribution in [0.5, 0.6) is 0 Å². The second-order valence-electron chi connectivity index (χ2n) is 6.02. The standard InChI is InChI=1S/C16H27N3/c1-13-6-4-5-7-14(13)10-15(17)11-16-12-18(2)8-9-19(16)3/h4-7,15-16H,8-12,17H2,1-3H3. The Kier molecular flexibility index (Phi) is 4.97. The lowest BCUT2D eigenvalue weighted by Crippen LogP contribution is -2.51. The van der Waals surface area contributed by atoms with Crippen LogP contribution < -0.4 is 5.73 Å². The molecule has 0 amide bonds. The Balaban J connectivity index is 1.90. The van der Waals surface area contributed by atoms with Crippen molar-refractivity contribution < 1.29 is 0 Å². The topological polar surface area (TPSA) is 32.5 Å². The van der Waals surface area contributed by atoms with E-state index < -0.39 is 0 Å². The average Bonchev–Trinajstić information content (AvgIpc) is 2.37. The van der Waals surface area contributed by atoms with Crippen molar-refractivity contribution >= 4 is 0 Å². The van der Waals surface area contributed by atoms with Gasteiger partial charge in [-0.1, -0.05) is 24.3 Å². The lowest BCUT2D eigenvalue weighted by molar-refractivity contribution is 0.104. The number of hydrogen-bond donors (Lipinski definition) is 1. The van der Waals surface area contributed by atoms with E-state index in [2.05, 4.69) is 55.1 Å². The number of likely N-dealkylation sites (N-methyl/N-ethyl adjacent to an activating group) is 2. The summed E-state index contributed by atoms with van der Waals surface area (Å²) in [5.41, 5.74) is 9.11. The largest absolute Gasteiger partial charge is 0.327 e. The molecule has 0 radical (unpaired) electrons. The summed E-state index contributed by atoms with van der Waals surface area (Å²) in [5.74, 6) is 0. The molecule has 19 heavy (non-hydrogen) atoms. The Morgan fingerprint density at radius 3 is 2.74 bits per heavy atom. The number of hydrogen-bond acceptors (Lipinski definition) is 3. The summed E-state index contributed by atoms with van der Waals surface area (Å²) < 4.78 is 0. The highest BCUT2D eigenvalue weighted by molar-refractivity contribution is 5.26. The zero-order valence-electron chi connectivity index (χ0n) is 12.5. The highest BCUT2D eigenvalue weighted by Crippen LogP contribution is 2.15. The van der Waals surface area contributed by atoms with Gasteiger partial charge in [-0.25, -0.2) is 0 Å². The SMILES string of the molecule is Cc1ccccc1CC(N)CC1CN(C)CCN1C. The van der Waals surface area contributed by atoms with E-state index in [1.54, 1.807) is 0 Å². The molecule has 0 aromatic heterocycles. The maximum absolute atomic E-state index is 6.37. The second kappa shape index (κ2) is 6.51. The normalized spacial score (nSPS) is 23.5. The molecular formula is C16H27N3. The minimum absolute atomic E-state index is 0.250. The Hall–Kier alpha value is -0.900. The first-order valence-electron chi connectivity index (χ1n) is 7.25. The molecule has 2 unspecified atom stereocenters. The summed E-state index contributed by atoms with van der Waals surface area (Å²) in [6.07, 6.45) is 2.07. The Morgan fingerprint density at radius 1 is 1.26 bits per heavy atom. The molecule has 3 nitrogen and oxygen atoms in total. The quantitative estimate of drug-likeness (QED) is 0.891. The molecule has 0 spiro atoms. The van der Waals surface area contributed by atoms with E-state index in [-0.39, 0.29) is 6.04 Å². The van der Waals surface area contributed by atoms with E-state index >= 15 is 0 Å². The molecule has 106 valence electrons. The van der Waals surface area contributed by atoms with Gasteiger partial charge in [-0.3, -0.25) is 0 Å². The fraction of sp³-hybridized carbons (Fsp3) is 0.625. The summed E-state index contributed by atoms with van der Waals surface area (Å²) >= 11 is 0. The van der Waals surface area contributed by atoms with Gasteiger partial charge in [-0.05, 0) is 45.0 Å². The van der Waals surface area contributed by atoms with Crippen molar-refractivity contribution in [3.8, 4) is 0 Å². The molecule has 1 fully saturated rings. The van der Waals surface area contributed by atoms with Crippen LogP contribution in [0.2, 0.25) is 0 Å². The average molecular weight is 261 g/mol. The molecule has 1 saturated heterocycles. The number of rotatable bonds is 4. The fourth-order valence-electron chi connectivity index (χ4n) is 2.91. The molecule has 0 saturated carbocycles. The van der Waals surface area contributed by atoms with Crippen LogP contribution in [0, 0.1) is 6.92 Å². The van der Waals surface area contributed by atoms with Gasteiger partial charge in [-0.2, -0.15) is 0 Å². The fourth-order valence-corrected chi connectivity index (χ4v) is 2.91. The van der Waals surface area contributed by atoms with Gasteiger partial charge in [0.2, 0.25) is 0 Å². The molecule has 3 heteroatoms. The van der Waals surface area contributed by atoms with Crippen LogP contribution in [0.1, 0.15) is 17.5 Å². The number of piperazine rings is 1. The molecule has 2 rings (SSSR count). The predicted octanol–water partition coefficient (Wildman–Crippen LogP) is 1.50. The first-order valence-corrected chi connectivity index (χ1v) is 7.25. The van der Waals surface area contributed by atoms with Crippen molar-refractivity contribution in [2.45, 2.75) is 31.8 Å². The zero-order chi connectivity index (χ0) is 13.8. The molecule has 1 aromatic rings. The van der Waals surface area contributed by atoms with Gasteiger partial charge in [0, 0.05) is 31.7 Å². The van der Waals surface area contributed by atoms with Gasteiger partial charge >= 0.3 is 0 Å². The summed E-state index contributed by atoms with van der Waals surface area (Å²) in [6, 6.07) is 9.41. The van der Waals surface area contributed by atoms with Crippen molar-refractivity contribution in [2.24, 2.45) is 5.73 Å². The zero-order valence-corrected chi connectivity index (χ0v) is 12.5. The third-order valence-electron chi connectivity index (χ3n) is 4.30. The third kappa shape index (κ3) is 4.03. The number of aryl methyl sites for hydroxylation is 1. The molecule has 0 bridgehead atoms. The number of benzene rings is 1. The number of nitrogens with zero attached hydrogens (tertiary/aromatic N) is 2. The summed E-state index contributed by atoms with van der Waals surface area (Å²) in [5, 5.41) is 0. The van der Waals surface area contributed by atoms with E-state index in [4.69, 9.17) is 5.73 Å². The van der Waals surface area contributed by atoms with Gasteiger partial charge in [0.15, 0.2) is 0 Å². The molecule has 1 aliphatic rings. The van der Waals surface area contributed by atoms with E-state index in [0.29, 0.717) is 6.04 Å². The van der Waals surface area contributed by atoms with Gasteiger partial charge in [0.25, 0.3) is 0 Å². The Labute approximate surface area is 117 Å². The van der Waals surface area contributed by atoms with E-state index in [1.807, 2.05) is 0 Å². The monoisotopic (exact) mass is 261 g/mol. The highest BCUT2D eigenvalue weighted by atomic mass is 15.3. The Bertz CT molecular complexity index is 405. The van der Waals surface area contributed by atoms with Crippen molar-refractivity contribution in [2.75, 3.05) is 33.7 Å². The van der Waals surface area contributed by atoms with Gasteiger partial charge in [0.05, 0.1) is 0 Å². The van der Waals surface area contributed by atoms with Crippen molar-refractivity contribution in [3.63, 3.8) is 0 Å².